The van der Waals surface area contributed by atoms with E-state index in [9.17, 15) is 5.11 Å². The fraction of sp³-hybridized carbons (Fsp3) is 0.500. The van der Waals surface area contributed by atoms with E-state index in [0.717, 1.165) is 24.2 Å². The largest absolute Gasteiger partial charge is 0.487 e. The lowest BCUT2D eigenvalue weighted by molar-refractivity contribution is -0.0752. The van der Waals surface area contributed by atoms with Crippen LogP contribution in [-0.4, -0.2) is 55.1 Å². The van der Waals surface area contributed by atoms with E-state index in [0.29, 0.717) is 35.1 Å². The lowest BCUT2D eigenvalue weighted by Crippen LogP contribution is -2.50. The van der Waals surface area contributed by atoms with Gasteiger partial charge >= 0.3 is 0 Å². The number of benzene rings is 1. The molecule has 0 saturated carbocycles. The Morgan fingerprint density at radius 3 is 2.95 bits per heavy atom. The maximum Gasteiger partial charge on any atom is 0.145 e. The SMILES string of the molecule is CC1COC(CO)CN1CC1=Cc2cc(Cl)cc(Cl)c2OC1. The highest BCUT2D eigenvalue weighted by molar-refractivity contribution is 6.36. The zero-order valence-electron chi connectivity index (χ0n) is 12.4. The van der Waals surface area contributed by atoms with E-state index in [1.165, 1.54) is 0 Å². The van der Waals surface area contributed by atoms with Crippen molar-refractivity contribution in [2.24, 2.45) is 0 Å². The first kappa shape index (κ1) is 16.1. The predicted molar refractivity (Wildman–Crippen MR) is 87.8 cm³/mol. The Bertz CT molecular complexity index is 591. The average molecular weight is 344 g/mol. The second kappa shape index (κ2) is 6.77. The van der Waals surface area contributed by atoms with Gasteiger partial charge < -0.3 is 14.6 Å². The van der Waals surface area contributed by atoms with Crippen molar-refractivity contribution in [3.63, 3.8) is 0 Å². The summed E-state index contributed by atoms with van der Waals surface area (Å²) in [5.74, 6) is 0.693. The quantitative estimate of drug-likeness (QED) is 0.916. The van der Waals surface area contributed by atoms with Crippen LogP contribution in [0.2, 0.25) is 10.0 Å². The third-order valence-corrected chi connectivity index (χ3v) is 4.54. The summed E-state index contributed by atoms with van der Waals surface area (Å²) in [6, 6.07) is 3.87. The number of fused-ring (bicyclic) bond motifs is 1. The Hall–Kier alpha value is -0.780. The molecule has 0 amide bonds. The van der Waals surface area contributed by atoms with Crippen LogP contribution in [0.3, 0.4) is 0 Å². The van der Waals surface area contributed by atoms with Gasteiger partial charge in [-0.3, -0.25) is 4.90 Å². The van der Waals surface area contributed by atoms with Gasteiger partial charge in [-0.05, 0) is 30.7 Å². The zero-order chi connectivity index (χ0) is 15.7. The predicted octanol–water partition coefficient (Wildman–Crippen LogP) is 2.85. The number of hydrogen-bond donors (Lipinski definition) is 1. The van der Waals surface area contributed by atoms with Crippen molar-refractivity contribution in [2.45, 2.75) is 19.1 Å². The normalized spacial score (nSPS) is 25.4. The maximum absolute atomic E-state index is 9.27. The molecule has 1 N–H and O–H groups in total. The fourth-order valence-electron chi connectivity index (χ4n) is 2.82. The van der Waals surface area contributed by atoms with Crippen LogP contribution < -0.4 is 4.74 Å². The zero-order valence-corrected chi connectivity index (χ0v) is 13.9. The molecule has 1 aromatic rings. The van der Waals surface area contributed by atoms with Crippen LogP contribution in [0.4, 0.5) is 0 Å². The third-order valence-electron chi connectivity index (χ3n) is 4.04. The first-order valence-electron chi connectivity index (χ1n) is 7.34. The summed E-state index contributed by atoms with van der Waals surface area (Å²) >= 11 is 12.2. The highest BCUT2D eigenvalue weighted by Gasteiger charge is 2.27. The van der Waals surface area contributed by atoms with Crippen LogP contribution in [0, 0.1) is 0 Å². The van der Waals surface area contributed by atoms with Gasteiger partial charge in [0.1, 0.15) is 12.4 Å². The van der Waals surface area contributed by atoms with Crippen molar-refractivity contribution in [3.8, 4) is 5.75 Å². The summed E-state index contributed by atoms with van der Waals surface area (Å²) in [5.41, 5.74) is 2.08. The molecule has 6 heteroatoms. The summed E-state index contributed by atoms with van der Waals surface area (Å²) in [6.07, 6.45) is 1.98. The molecule has 2 heterocycles. The summed E-state index contributed by atoms with van der Waals surface area (Å²) < 4.78 is 11.4. The van der Waals surface area contributed by atoms with Crippen LogP contribution in [0.5, 0.6) is 5.75 Å². The number of morpholine rings is 1. The van der Waals surface area contributed by atoms with E-state index in [2.05, 4.69) is 17.9 Å². The van der Waals surface area contributed by atoms with Crippen molar-refractivity contribution < 1.29 is 14.6 Å². The summed E-state index contributed by atoms with van der Waals surface area (Å²) in [4.78, 5) is 2.30. The second-order valence-corrected chi connectivity index (χ2v) is 6.66. The third kappa shape index (κ3) is 3.42. The molecule has 4 nitrogen and oxygen atoms in total. The van der Waals surface area contributed by atoms with Crippen molar-refractivity contribution >= 4 is 29.3 Å². The van der Waals surface area contributed by atoms with Crippen LogP contribution in [0.1, 0.15) is 12.5 Å². The Balaban J connectivity index is 1.77. The van der Waals surface area contributed by atoms with E-state index in [4.69, 9.17) is 32.7 Å². The minimum atomic E-state index is -0.113. The van der Waals surface area contributed by atoms with E-state index in [1.807, 2.05) is 6.07 Å². The Morgan fingerprint density at radius 2 is 2.18 bits per heavy atom. The molecular weight excluding hydrogens is 325 g/mol. The van der Waals surface area contributed by atoms with E-state index in [-0.39, 0.29) is 12.7 Å². The van der Waals surface area contributed by atoms with Crippen LogP contribution in [0.25, 0.3) is 6.08 Å². The lowest BCUT2D eigenvalue weighted by Gasteiger charge is -2.38. The molecule has 0 aliphatic carbocycles. The molecule has 0 bridgehead atoms. The number of rotatable bonds is 3. The van der Waals surface area contributed by atoms with E-state index in [1.54, 1.807) is 6.07 Å². The molecule has 22 heavy (non-hydrogen) atoms. The molecule has 1 saturated heterocycles. The number of ether oxygens (including phenoxy) is 2. The van der Waals surface area contributed by atoms with Gasteiger partial charge in [-0.25, -0.2) is 0 Å². The number of hydrogen-bond acceptors (Lipinski definition) is 4. The van der Waals surface area contributed by atoms with Gasteiger partial charge in [-0.1, -0.05) is 23.2 Å². The Morgan fingerprint density at radius 1 is 1.36 bits per heavy atom. The molecule has 0 spiro atoms. The minimum absolute atomic E-state index is 0.0484. The first-order chi connectivity index (χ1) is 10.6. The van der Waals surface area contributed by atoms with E-state index < -0.39 is 0 Å². The Kier molecular flexibility index (Phi) is 4.95. The van der Waals surface area contributed by atoms with Gasteiger partial charge in [-0.15, -0.1) is 0 Å². The van der Waals surface area contributed by atoms with Gasteiger partial charge in [0, 0.05) is 29.7 Å². The topological polar surface area (TPSA) is 41.9 Å². The monoisotopic (exact) mass is 343 g/mol. The van der Waals surface area contributed by atoms with E-state index >= 15 is 0 Å². The van der Waals surface area contributed by atoms with Gasteiger partial charge in [0.05, 0.1) is 24.3 Å². The van der Waals surface area contributed by atoms with Gasteiger partial charge in [0.15, 0.2) is 0 Å². The van der Waals surface area contributed by atoms with Crippen molar-refractivity contribution in [2.75, 3.05) is 32.9 Å². The Labute approximate surface area is 140 Å². The van der Waals surface area contributed by atoms with Gasteiger partial charge in [-0.2, -0.15) is 0 Å². The molecule has 2 aliphatic heterocycles. The van der Waals surface area contributed by atoms with Crippen molar-refractivity contribution in [1.82, 2.24) is 4.90 Å². The minimum Gasteiger partial charge on any atom is -0.487 e. The van der Waals surface area contributed by atoms with Crippen LogP contribution in [0.15, 0.2) is 17.7 Å². The number of halogens is 2. The summed E-state index contributed by atoms with van der Waals surface area (Å²) in [5, 5.41) is 10.4. The number of nitrogens with zero attached hydrogens (tertiary/aromatic N) is 1. The van der Waals surface area contributed by atoms with Crippen molar-refractivity contribution in [1.29, 1.82) is 0 Å². The molecule has 3 rings (SSSR count). The lowest BCUT2D eigenvalue weighted by atomic mass is 10.1. The number of aliphatic hydroxyl groups excluding tert-OH is 1. The standard InChI is InChI=1S/C16H19Cl2NO3/c1-10-8-21-14(7-20)6-19(10)5-11-2-12-3-13(17)4-15(18)16(12)22-9-11/h2-4,10,14,20H,5-9H2,1H3. The van der Waals surface area contributed by atoms with Crippen LogP contribution in [-0.2, 0) is 4.74 Å². The molecule has 1 aromatic carbocycles. The van der Waals surface area contributed by atoms with Gasteiger partial charge in [0.25, 0.3) is 0 Å². The molecule has 0 radical (unpaired) electrons. The molecule has 1 fully saturated rings. The molecule has 120 valence electrons. The van der Waals surface area contributed by atoms with Gasteiger partial charge in [0.2, 0.25) is 0 Å². The molecule has 2 unspecified atom stereocenters. The second-order valence-electron chi connectivity index (χ2n) is 5.81. The summed E-state index contributed by atoms with van der Waals surface area (Å²) in [7, 11) is 0. The molecular formula is C16H19Cl2NO3. The highest BCUT2D eigenvalue weighted by Crippen LogP contribution is 2.36. The van der Waals surface area contributed by atoms with Crippen LogP contribution >= 0.6 is 23.2 Å². The highest BCUT2D eigenvalue weighted by atomic mass is 35.5. The summed E-state index contributed by atoms with van der Waals surface area (Å²) in [6.45, 7) is 4.82. The maximum atomic E-state index is 9.27. The first-order valence-corrected chi connectivity index (χ1v) is 8.10. The molecule has 2 atom stereocenters. The number of aliphatic hydroxyl groups is 1. The van der Waals surface area contributed by atoms with Crippen molar-refractivity contribution in [3.05, 3.63) is 33.3 Å². The molecule has 2 aliphatic rings. The average Bonchev–Trinajstić information content (AvgIpc) is 2.49. The smallest absolute Gasteiger partial charge is 0.145 e. The fourth-order valence-corrected chi connectivity index (χ4v) is 3.39. The molecule has 0 aromatic heterocycles.